The van der Waals surface area contributed by atoms with Crippen LogP contribution < -0.4 is 15.5 Å². The van der Waals surface area contributed by atoms with E-state index in [2.05, 4.69) is 20.7 Å². The lowest BCUT2D eigenvalue weighted by Gasteiger charge is -2.16. The predicted octanol–water partition coefficient (Wildman–Crippen LogP) is 2.09. The van der Waals surface area contributed by atoms with Crippen LogP contribution in [0.3, 0.4) is 0 Å². The molecule has 3 amide bonds. The highest BCUT2D eigenvalue weighted by molar-refractivity contribution is 6.03. The van der Waals surface area contributed by atoms with Crippen molar-refractivity contribution < 1.29 is 31.9 Å². The number of alkyl halides is 3. The summed E-state index contributed by atoms with van der Waals surface area (Å²) in [5.74, 6) is -3.33. The molecule has 4 rings (SSSR count). The van der Waals surface area contributed by atoms with Crippen LogP contribution in [0.15, 0.2) is 48.5 Å². The molecular formula is C21H17F4N7O3. The number of nitrogens with zero attached hydrogens (tertiary/aromatic N) is 5. The van der Waals surface area contributed by atoms with Gasteiger partial charge < -0.3 is 15.5 Å². The molecule has 10 nitrogen and oxygen atoms in total. The Morgan fingerprint density at radius 3 is 2.34 bits per heavy atom. The van der Waals surface area contributed by atoms with E-state index in [4.69, 9.17) is 0 Å². The molecular weight excluding hydrogens is 474 g/mol. The summed E-state index contributed by atoms with van der Waals surface area (Å²) >= 11 is 0. The molecule has 3 aromatic rings. The number of benzene rings is 2. The number of hydrogen-bond donors (Lipinski definition) is 2. The van der Waals surface area contributed by atoms with E-state index in [9.17, 15) is 31.9 Å². The van der Waals surface area contributed by atoms with Crippen molar-refractivity contribution in [2.45, 2.75) is 12.6 Å². The van der Waals surface area contributed by atoms with E-state index in [1.807, 2.05) is 0 Å². The molecule has 0 saturated carbocycles. The molecule has 1 aliphatic heterocycles. The number of nitrogens with one attached hydrogen (secondary N) is 2. The third-order valence-electron chi connectivity index (χ3n) is 5.07. The molecule has 1 saturated heterocycles. The third-order valence-corrected chi connectivity index (χ3v) is 5.07. The number of aromatic nitrogens is 4. The molecule has 14 heteroatoms. The number of hydrogen-bond acceptors (Lipinski definition) is 6. The van der Waals surface area contributed by atoms with Gasteiger partial charge in [0, 0.05) is 24.3 Å². The van der Waals surface area contributed by atoms with Crippen LogP contribution in [-0.2, 0) is 9.59 Å². The molecule has 0 spiro atoms. The van der Waals surface area contributed by atoms with Crippen molar-refractivity contribution in [3.63, 3.8) is 0 Å². The Morgan fingerprint density at radius 2 is 1.69 bits per heavy atom. The number of halogens is 4. The van der Waals surface area contributed by atoms with Crippen molar-refractivity contribution in [2.24, 2.45) is 5.92 Å². The fraction of sp³-hybridized carbons (Fsp3) is 0.238. The zero-order valence-electron chi connectivity index (χ0n) is 17.8. The normalized spacial score (nSPS) is 15.8. The van der Waals surface area contributed by atoms with Crippen molar-refractivity contribution in [3.05, 3.63) is 60.2 Å². The van der Waals surface area contributed by atoms with Gasteiger partial charge in [-0.1, -0.05) is 0 Å². The lowest BCUT2D eigenvalue weighted by molar-refractivity contribution is -0.123. The van der Waals surface area contributed by atoms with Crippen LogP contribution in [0, 0.1) is 11.7 Å². The fourth-order valence-electron chi connectivity index (χ4n) is 3.35. The molecule has 0 aliphatic carbocycles. The second-order valence-electron chi connectivity index (χ2n) is 7.62. The molecule has 1 atom stereocenters. The number of carbonyl (C=O) groups is 3. The van der Waals surface area contributed by atoms with Gasteiger partial charge in [0.1, 0.15) is 12.4 Å². The molecule has 2 N–H and O–H groups in total. The smallest absolute Gasteiger partial charge is 0.340 e. The first kappa shape index (κ1) is 23.8. The van der Waals surface area contributed by atoms with Gasteiger partial charge in [-0.2, -0.15) is 13.2 Å². The summed E-state index contributed by atoms with van der Waals surface area (Å²) in [5.41, 5.74) is 1.25. The molecule has 0 radical (unpaired) electrons. The Balaban J connectivity index is 1.35. The second-order valence-corrected chi connectivity index (χ2v) is 7.62. The predicted molar refractivity (Wildman–Crippen MR) is 113 cm³/mol. The van der Waals surface area contributed by atoms with Crippen LogP contribution in [0.2, 0.25) is 0 Å². The summed E-state index contributed by atoms with van der Waals surface area (Å²) in [6.45, 7) is -1.38. The van der Waals surface area contributed by atoms with Crippen molar-refractivity contribution >= 4 is 29.1 Å². The average Bonchev–Trinajstić information content (AvgIpc) is 3.46. The van der Waals surface area contributed by atoms with Gasteiger partial charge in [-0.15, -0.1) is 15.0 Å². The minimum Gasteiger partial charge on any atom is -0.340 e. The van der Waals surface area contributed by atoms with Gasteiger partial charge in [0.05, 0.1) is 11.6 Å². The van der Waals surface area contributed by atoms with Gasteiger partial charge in [0.15, 0.2) is 0 Å². The van der Waals surface area contributed by atoms with Gasteiger partial charge in [-0.25, -0.2) is 4.39 Å². The maximum Gasteiger partial charge on any atom is 0.405 e. The second kappa shape index (κ2) is 9.48. The van der Waals surface area contributed by atoms with Crippen LogP contribution in [0.1, 0.15) is 17.0 Å². The van der Waals surface area contributed by atoms with Crippen molar-refractivity contribution in [1.82, 2.24) is 25.5 Å². The van der Waals surface area contributed by atoms with Crippen molar-refractivity contribution in [2.75, 3.05) is 23.3 Å². The number of tetrazole rings is 1. The molecule has 0 bridgehead atoms. The van der Waals surface area contributed by atoms with Crippen LogP contribution in [0.25, 0.3) is 5.69 Å². The highest BCUT2D eigenvalue weighted by Crippen LogP contribution is 2.26. The van der Waals surface area contributed by atoms with Gasteiger partial charge in [0.25, 0.3) is 11.7 Å². The minimum absolute atomic E-state index is 0.00332. The monoisotopic (exact) mass is 491 g/mol. The first-order valence-electron chi connectivity index (χ1n) is 10.2. The zero-order valence-corrected chi connectivity index (χ0v) is 17.8. The van der Waals surface area contributed by atoms with Crippen LogP contribution >= 0.6 is 0 Å². The maximum atomic E-state index is 13.1. The van der Waals surface area contributed by atoms with Crippen molar-refractivity contribution in [1.29, 1.82) is 0 Å². The summed E-state index contributed by atoms with van der Waals surface area (Å²) in [5, 5.41) is 15.2. The molecule has 2 aromatic carbocycles. The van der Waals surface area contributed by atoms with E-state index in [1.165, 1.54) is 53.4 Å². The first-order valence-corrected chi connectivity index (χ1v) is 10.2. The fourth-order valence-corrected chi connectivity index (χ4v) is 3.35. The summed E-state index contributed by atoms with van der Waals surface area (Å²) in [4.78, 5) is 39.0. The number of amides is 3. The summed E-state index contributed by atoms with van der Waals surface area (Å²) < 4.78 is 49.8. The lowest BCUT2D eigenvalue weighted by Crippen LogP contribution is -2.34. The largest absolute Gasteiger partial charge is 0.405 e. The third kappa shape index (κ3) is 5.77. The van der Waals surface area contributed by atoms with E-state index < -0.39 is 36.2 Å². The molecule has 2 heterocycles. The molecule has 35 heavy (non-hydrogen) atoms. The molecule has 1 aliphatic rings. The van der Waals surface area contributed by atoms with Crippen LogP contribution in [0.5, 0.6) is 0 Å². The summed E-state index contributed by atoms with van der Waals surface area (Å²) in [6.07, 6.45) is -4.57. The SMILES string of the molecule is O=C(NCC(F)(F)F)c1nnn(-c2ccc(NC(=O)[C@@H]3CC(=O)N(c4ccc(F)cc4)C3)cc2)n1. The van der Waals surface area contributed by atoms with E-state index in [0.717, 1.165) is 4.80 Å². The molecule has 0 unspecified atom stereocenters. The Morgan fingerprint density at radius 1 is 1.03 bits per heavy atom. The highest BCUT2D eigenvalue weighted by atomic mass is 19.4. The van der Waals surface area contributed by atoms with Crippen molar-refractivity contribution in [3.8, 4) is 5.69 Å². The van der Waals surface area contributed by atoms with E-state index in [-0.39, 0.29) is 24.8 Å². The number of carbonyl (C=O) groups excluding carboxylic acids is 3. The lowest BCUT2D eigenvalue weighted by atomic mass is 10.1. The maximum absolute atomic E-state index is 13.1. The quantitative estimate of drug-likeness (QED) is 0.510. The van der Waals surface area contributed by atoms with Gasteiger partial charge in [0.2, 0.25) is 11.8 Å². The Labute approximate surface area is 194 Å². The molecule has 182 valence electrons. The van der Waals surface area contributed by atoms with Gasteiger partial charge >= 0.3 is 6.18 Å². The minimum atomic E-state index is -4.57. The van der Waals surface area contributed by atoms with E-state index in [0.29, 0.717) is 17.1 Å². The Hall–Kier alpha value is -4.36. The average molecular weight is 491 g/mol. The van der Waals surface area contributed by atoms with Gasteiger partial charge in [-0.3, -0.25) is 14.4 Å². The van der Waals surface area contributed by atoms with E-state index in [1.54, 1.807) is 5.32 Å². The van der Waals surface area contributed by atoms with E-state index >= 15 is 0 Å². The molecule has 1 fully saturated rings. The number of rotatable bonds is 6. The van der Waals surface area contributed by atoms with Crippen LogP contribution in [0.4, 0.5) is 28.9 Å². The first-order chi connectivity index (χ1) is 16.6. The highest BCUT2D eigenvalue weighted by Gasteiger charge is 2.35. The van der Waals surface area contributed by atoms with Crippen LogP contribution in [-0.4, -0.2) is 57.2 Å². The topological polar surface area (TPSA) is 122 Å². The number of anilines is 2. The summed E-state index contributed by atoms with van der Waals surface area (Å²) in [7, 11) is 0. The zero-order chi connectivity index (χ0) is 25.2. The van der Waals surface area contributed by atoms with Gasteiger partial charge in [-0.05, 0) is 53.7 Å². The Bertz CT molecular complexity index is 1240. The Kier molecular flexibility index (Phi) is 6.44. The summed E-state index contributed by atoms with van der Waals surface area (Å²) in [6, 6.07) is 11.5. The molecule has 1 aromatic heterocycles. The standard InChI is InChI=1S/C21H17F4N7O3/c22-13-1-5-15(6-2-13)31-10-12(9-17(31)33)19(34)27-14-3-7-16(8-4-14)32-29-18(28-30-32)20(35)26-11-21(23,24)25/h1-8,12H,9-11H2,(H,26,35)(H,27,34)/t12-/m1/s1.